The second kappa shape index (κ2) is 10.1. The van der Waals surface area contributed by atoms with Crippen LogP contribution in [-0.4, -0.2) is 50.2 Å². The number of rotatable bonds is 7. The second-order valence-electron chi connectivity index (χ2n) is 8.53. The fourth-order valence-corrected chi connectivity index (χ4v) is 4.65. The summed E-state index contributed by atoms with van der Waals surface area (Å²) in [5.74, 6) is -0.511. The number of aryl methyl sites for hydroxylation is 1. The Morgan fingerprint density at radius 2 is 2.06 bits per heavy atom. The molecule has 2 aromatic carbocycles. The highest BCUT2D eigenvalue weighted by molar-refractivity contribution is 5.80. The minimum atomic E-state index is -0.915. The van der Waals surface area contributed by atoms with Crippen LogP contribution >= 0.6 is 0 Å². The fraction of sp³-hybridized carbons (Fsp3) is 0.385. The Balaban J connectivity index is 1.76. The summed E-state index contributed by atoms with van der Waals surface area (Å²) in [6.07, 6.45) is 3.96. The van der Waals surface area contributed by atoms with E-state index in [-0.39, 0.29) is 18.3 Å². The first-order valence-electron chi connectivity index (χ1n) is 11.6. The van der Waals surface area contributed by atoms with Crippen LogP contribution < -0.4 is 0 Å². The molecule has 1 amide bonds. The maximum atomic E-state index is 12.6. The molecule has 34 heavy (non-hydrogen) atoms. The number of fused-ring (bicyclic) bond motifs is 2. The van der Waals surface area contributed by atoms with Crippen LogP contribution in [-0.2, 0) is 29.0 Å². The van der Waals surface area contributed by atoms with Crippen LogP contribution in [0.25, 0.3) is 11.0 Å². The predicted octanol–water partition coefficient (Wildman–Crippen LogP) is 4.44. The molecule has 0 bridgehead atoms. The second-order valence-corrected chi connectivity index (χ2v) is 8.53. The SMILES string of the molecule is CC=CCn1nnc2c(C)c(C(CC(=O)OCC)c3ccc4c(c3)CN(C(=O)O)CC4)ccc21. The van der Waals surface area contributed by atoms with E-state index in [2.05, 4.69) is 16.4 Å². The third-order valence-corrected chi connectivity index (χ3v) is 6.46. The molecule has 1 aromatic heterocycles. The van der Waals surface area contributed by atoms with E-state index in [9.17, 15) is 14.7 Å². The van der Waals surface area contributed by atoms with Gasteiger partial charge in [0.2, 0.25) is 0 Å². The number of benzene rings is 2. The molecule has 1 aliphatic heterocycles. The summed E-state index contributed by atoms with van der Waals surface area (Å²) in [5.41, 5.74) is 6.81. The summed E-state index contributed by atoms with van der Waals surface area (Å²) >= 11 is 0. The van der Waals surface area contributed by atoms with Gasteiger partial charge >= 0.3 is 12.1 Å². The molecule has 0 saturated heterocycles. The Bertz CT molecular complexity index is 1250. The lowest BCUT2D eigenvalue weighted by Gasteiger charge is -2.28. The van der Waals surface area contributed by atoms with Crippen LogP contribution in [0.3, 0.4) is 0 Å². The zero-order chi connectivity index (χ0) is 24.2. The van der Waals surface area contributed by atoms with E-state index in [1.54, 1.807) is 6.92 Å². The molecular formula is C26H30N4O4. The Morgan fingerprint density at radius 3 is 2.79 bits per heavy atom. The number of amides is 1. The van der Waals surface area contributed by atoms with Crippen molar-refractivity contribution in [2.45, 2.75) is 52.6 Å². The van der Waals surface area contributed by atoms with E-state index in [0.29, 0.717) is 32.7 Å². The summed E-state index contributed by atoms with van der Waals surface area (Å²) in [4.78, 5) is 25.5. The highest BCUT2D eigenvalue weighted by Gasteiger charge is 2.26. The molecule has 0 saturated carbocycles. The smallest absolute Gasteiger partial charge is 0.407 e. The molecule has 178 valence electrons. The first-order chi connectivity index (χ1) is 16.4. The number of nitrogens with zero attached hydrogens (tertiary/aromatic N) is 4. The maximum absolute atomic E-state index is 12.6. The van der Waals surface area contributed by atoms with Crippen LogP contribution in [0.2, 0.25) is 0 Å². The molecule has 8 heteroatoms. The van der Waals surface area contributed by atoms with E-state index in [1.807, 2.05) is 54.9 Å². The largest absolute Gasteiger partial charge is 0.466 e. The summed E-state index contributed by atoms with van der Waals surface area (Å²) in [7, 11) is 0. The van der Waals surface area contributed by atoms with E-state index < -0.39 is 6.09 Å². The van der Waals surface area contributed by atoms with Crippen LogP contribution in [0.15, 0.2) is 42.5 Å². The van der Waals surface area contributed by atoms with Crippen molar-refractivity contribution in [3.8, 4) is 0 Å². The van der Waals surface area contributed by atoms with E-state index >= 15 is 0 Å². The number of carbonyl (C=O) groups is 2. The van der Waals surface area contributed by atoms with Crippen LogP contribution in [0.4, 0.5) is 4.79 Å². The first kappa shape index (κ1) is 23.5. The predicted molar refractivity (Wildman–Crippen MR) is 129 cm³/mol. The molecule has 0 fully saturated rings. The van der Waals surface area contributed by atoms with Crippen molar-refractivity contribution in [1.82, 2.24) is 19.9 Å². The third-order valence-electron chi connectivity index (χ3n) is 6.46. The van der Waals surface area contributed by atoms with Crippen molar-refractivity contribution in [3.05, 3.63) is 70.3 Å². The first-order valence-corrected chi connectivity index (χ1v) is 11.6. The van der Waals surface area contributed by atoms with Gasteiger partial charge in [-0.3, -0.25) is 4.79 Å². The number of carboxylic acid groups (broad SMARTS) is 1. The van der Waals surface area contributed by atoms with Crippen molar-refractivity contribution in [1.29, 1.82) is 0 Å². The van der Waals surface area contributed by atoms with Gasteiger partial charge in [-0.15, -0.1) is 5.10 Å². The molecule has 1 unspecified atom stereocenters. The van der Waals surface area contributed by atoms with Gasteiger partial charge in [-0.1, -0.05) is 41.6 Å². The van der Waals surface area contributed by atoms with Crippen molar-refractivity contribution < 1.29 is 19.4 Å². The third kappa shape index (κ3) is 4.66. The maximum Gasteiger partial charge on any atom is 0.407 e. The van der Waals surface area contributed by atoms with Gasteiger partial charge in [-0.25, -0.2) is 9.48 Å². The Hall–Kier alpha value is -3.68. The van der Waals surface area contributed by atoms with Gasteiger partial charge in [0.1, 0.15) is 5.52 Å². The molecule has 0 spiro atoms. The molecule has 3 aromatic rings. The number of aromatic nitrogens is 3. The summed E-state index contributed by atoms with van der Waals surface area (Å²) in [6, 6.07) is 10.2. The van der Waals surface area contributed by atoms with Gasteiger partial charge in [-0.05, 0) is 61.1 Å². The zero-order valence-corrected chi connectivity index (χ0v) is 19.8. The number of ether oxygens (including phenoxy) is 1. The summed E-state index contributed by atoms with van der Waals surface area (Å²) in [5, 5.41) is 18.2. The van der Waals surface area contributed by atoms with Crippen molar-refractivity contribution >= 4 is 23.1 Å². The lowest BCUT2D eigenvalue weighted by Crippen LogP contribution is -2.34. The lowest BCUT2D eigenvalue weighted by molar-refractivity contribution is -0.143. The molecule has 1 atom stereocenters. The standard InChI is InChI=1S/C26H30N4O4/c1-4-6-12-30-23-10-9-21(17(3)25(23)27-28-30)22(15-24(31)34-5-2)19-8-7-18-11-13-29(26(32)33)16-20(18)14-19/h4,6-10,14,22H,5,11-13,15-16H2,1-3H3,(H,32,33). The highest BCUT2D eigenvalue weighted by atomic mass is 16.5. The number of hydrogen-bond donors (Lipinski definition) is 1. The fourth-order valence-electron chi connectivity index (χ4n) is 4.65. The average Bonchev–Trinajstić information content (AvgIpc) is 3.25. The van der Waals surface area contributed by atoms with Gasteiger partial charge in [0.05, 0.1) is 25.1 Å². The number of esters is 1. The van der Waals surface area contributed by atoms with Crippen LogP contribution in [0.5, 0.6) is 0 Å². The van der Waals surface area contributed by atoms with Crippen LogP contribution in [0.1, 0.15) is 54.0 Å². The average molecular weight is 463 g/mol. The highest BCUT2D eigenvalue weighted by Crippen LogP contribution is 2.35. The summed E-state index contributed by atoms with van der Waals surface area (Å²) < 4.78 is 7.14. The topological polar surface area (TPSA) is 97.6 Å². The lowest BCUT2D eigenvalue weighted by atomic mass is 9.83. The van der Waals surface area contributed by atoms with Crippen molar-refractivity contribution in [2.75, 3.05) is 13.2 Å². The molecule has 1 aliphatic rings. The van der Waals surface area contributed by atoms with Crippen LogP contribution in [0, 0.1) is 6.92 Å². The van der Waals surface area contributed by atoms with Gasteiger partial charge in [-0.2, -0.15) is 0 Å². The zero-order valence-electron chi connectivity index (χ0n) is 19.8. The van der Waals surface area contributed by atoms with Gasteiger partial charge in [0, 0.05) is 19.0 Å². The Morgan fingerprint density at radius 1 is 1.24 bits per heavy atom. The molecule has 8 nitrogen and oxygen atoms in total. The quantitative estimate of drug-likeness (QED) is 0.412. The normalized spacial score (nSPS) is 14.4. The van der Waals surface area contributed by atoms with E-state index in [4.69, 9.17) is 4.74 Å². The molecule has 1 N–H and O–H groups in total. The van der Waals surface area contributed by atoms with E-state index in [0.717, 1.165) is 38.9 Å². The minimum absolute atomic E-state index is 0.189. The summed E-state index contributed by atoms with van der Waals surface area (Å²) in [6.45, 7) is 7.58. The molecule has 0 aliphatic carbocycles. The molecule has 4 rings (SSSR count). The van der Waals surface area contributed by atoms with Gasteiger partial charge in [0.25, 0.3) is 0 Å². The van der Waals surface area contributed by atoms with E-state index in [1.165, 1.54) is 4.90 Å². The number of hydrogen-bond acceptors (Lipinski definition) is 5. The monoisotopic (exact) mass is 462 g/mol. The molecule has 0 radical (unpaired) electrons. The number of allylic oxidation sites excluding steroid dienone is 2. The van der Waals surface area contributed by atoms with Gasteiger partial charge in [0.15, 0.2) is 0 Å². The minimum Gasteiger partial charge on any atom is -0.466 e. The molecule has 2 heterocycles. The van der Waals surface area contributed by atoms with Crippen molar-refractivity contribution in [3.63, 3.8) is 0 Å². The Kier molecular flexibility index (Phi) is 6.95. The number of carbonyl (C=O) groups excluding carboxylic acids is 1. The van der Waals surface area contributed by atoms with Gasteiger partial charge < -0.3 is 14.7 Å². The molecular weight excluding hydrogens is 432 g/mol. The van der Waals surface area contributed by atoms with Crippen molar-refractivity contribution in [2.24, 2.45) is 0 Å². The Labute approximate surface area is 198 Å².